The molecule has 0 fully saturated rings. The number of thioether (sulfide) groups is 1. The van der Waals surface area contributed by atoms with Crippen LogP contribution in [0.5, 0.6) is 5.75 Å². The van der Waals surface area contributed by atoms with Gasteiger partial charge in [0.05, 0.1) is 6.61 Å². The van der Waals surface area contributed by atoms with Crippen molar-refractivity contribution in [1.82, 2.24) is 0 Å². The van der Waals surface area contributed by atoms with Crippen LogP contribution in [0.3, 0.4) is 0 Å². The molecule has 0 unspecified atom stereocenters. The van der Waals surface area contributed by atoms with Gasteiger partial charge in [-0.2, -0.15) is 11.8 Å². The summed E-state index contributed by atoms with van der Waals surface area (Å²) in [5, 5.41) is 0. The maximum Gasteiger partial charge on any atom is 0.120 e. The molecular weight excluding hydrogens is 332 g/mol. The number of benzene rings is 2. The van der Waals surface area contributed by atoms with Gasteiger partial charge in [-0.25, -0.2) is 0 Å². The lowest BCUT2D eigenvalue weighted by molar-refractivity contribution is 0.344. The van der Waals surface area contributed by atoms with Crippen molar-refractivity contribution in [1.29, 1.82) is 0 Å². The summed E-state index contributed by atoms with van der Waals surface area (Å²) < 4.78 is 6.77. The Kier molecular flexibility index (Phi) is 5.99. The van der Waals surface area contributed by atoms with Gasteiger partial charge < -0.3 is 4.74 Å². The van der Waals surface area contributed by atoms with Crippen LogP contribution in [0.4, 0.5) is 0 Å². The average molecular weight is 351 g/mol. The fraction of sp³-hybridized carbons (Fsp3) is 0.294. The summed E-state index contributed by atoms with van der Waals surface area (Å²) in [6.45, 7) is 5.04. The molecule has 0 heterocycles. The highest BCUT2D eigenvalue weighted by molar-refractivity contribution is 9.10. The van der Waals surface area contributed by atoms with Crippen molar-refractivity contribution < 1.29 is 4.74 Å². The molecule has 0 spiro atoms. The first-order chi connectivity index (χ1) is 9.63. The molecule has 0 aliphatic heterocycles. The van der Waals surface area contributed by atoms with Crippen molar-refractivity contribution >= 4 is 27.7 Å². The van der Waals surface area contributed by atoms with Crippen LogP contribution in [0.2, 0.25) is 0 Å². The number of rotatable bonds is 6. The van der Waals surface area contributed by atoms with E-state index >= 15 is 0 Å². The van der Waals surface area contributed by atoms with E-state index < -0.39 is 0 Å². The molecule has 0 saturated heterocycles. The highest BCUT2D eigenvalue weighted by atomic mass is 79.9. The summed E-state index contributed by atoms with van der Waals surface area (Å²) in [5.41, 5.74) is 4.08. The Morgan fingerprint density at radius 2 is 1.80 bits per heavy atom. The van der Waals surface area contributed by atoms with Crippen LogP contribution in [0.25, 0.3) is 0 Å². The summed E-state index contributed by atoms with van der Waals surface area (Å²) in [6, 6.07) is 14.7. The first kappa shape index (κ1) is 15.5. The van der Waals surface area contributed by atoms with Gasteiger partial charge in [0, 0.05) is 16.0 Å². The van der Waals surface area contributed by atoms with Crippen molar-refractivity contribution in [3.8, 4) is 5.75 Å². The Hall–Kier alpha value is -0.930. The van der Waals surface area contributed by atoms with E-state index in [0.717, 1.165) is 28.3 Å². The SMILES string of the molecule is Cc1cc(C)cc(CSCCOc2cccc(Br)c2)c1. The van der Waals surface area contributed by atoms with Crippen LogP contribution in [0, 0.1) is 13.8 Å². The molecule has 2 aromatic rings. The van der Waals surface area contributed by atoms with Crippen LogP contribution in [-0.2, 0) is 5.75 Å². The molecule has 3 heteroatoms. The number of halogens is 1. The normalized spacial score (nSPS) is 10.6. The Bertz CT molecular complexity index is 548. The summed E-state index contributed by atoms with van der Waals surface area (Å²) in [6.07, 6.45) is 0. The molecule has 0 aliphatic carbocycles. The fourth-order valence-electron chi connectivity index (χ4n) is 2.12. The zero-order valence-electron chi connectivity index (χ0n) is 11.9. The average Bonchev–Trinajstić information content (AvgIpc) is 2.37. The van der Waals surface area contributed by atoms with E-state index in [-0.39, 0.29) is 0 Å². The predicted molar refractivity (Wildman–Crippen MR) is 91.7 cm³/mol. The lowest BCUT2D eigenvalue weighted by Gasteiger charge is -2.07. The number of hydrogen-bond acceptors (Lipinski definition) is 2. The number of aryl methyl sites for hydroxylation is 2. The monoisotopic (exact) mass is 350 g/mol. The van der Waals surface area contributed by atoms with Crippen molar-refractivity contribution in [2.24, 2.45) is 0 Å². The molecule has 0 atom stereocenters. The van der Waals surface area contributed by atoms with Gasteiger partial charge >= 0.3 is 0 Å². The fourth-order valence-corrected chi connectivity index (χ4v) is 3.24. The quantitative estimate of drug-likeness (QED) is 0.647. The second kappa shape index (κ2) is 7.75. The Balaban J connectivity index is 1.71. The van der Waals surface area contributed by atoms with Crippen LogP contribution in [0.15, 0.2) is 46.9 Å². The van der Waals surface area contributed by atoms with E-state index in [2.05, 4.69) is 48.0 Å². The van der Waals surface area contributed by atoms with Crippen molar-refractivity contribution in [2.75, 3.05) is 12.4 Å². The molecule has 1 nitrogen and oxygen atoms in total. The van der Waals surface area contributed by atoms with E-state index in [1.165, 1.54) is 16.7 Å². The molecule has 0 aromatic heterocycles. The second-order valence-electron chi connectivity index (χ2n) is 4.85. The zero-order valence-corrected chi connectivity index (χ0v) is 14.3. The third-order valence-corrected chi connectivity index (χ3v) is 4.33. The molecule has 106 valence electrons. The summed E-state index contributed by atoms with van der Waals surface area (Å²) in [7, 11) is 0. The summed E-state index contributed by atoms with van der Waals surface area (Å²) in [5.74, 6) is 2.97. The standard InChI is InChI=1S/C17H19BrOS/c1-13-8-14(2)10-15(9-13)12-20-7-6-19-17-5-3-4-16(18)11-17/h3-5,8-11H,6-7,12H2,1-2H3. The second-order valence-corrected chi connectivity index (χ2v) is 6.88. The van der Waals surface area contributed by atoms with Crippen molar-refractivity contribution in [3.63, 3.8) is 0 Å². The minimum absolute atomic E-state index is 0.742. The van der Waals surface area contributed by atoms with E-state index in [0.29, 0.717) is 0 Å². The Morgan fingerprint density at radius 1 is 1.05 bits per heavy atom. The highest BCUT2D eigenvalue weighted by Crippen LogP contribution is 2.19. The van der Waals surface area contributed by atoms with Gasteiger partial charge in [0.1, 0.15) is 5.75 Å². The largest absolute Gasteiger partial charge is 0.493 e. The first-order valence-electron chi connectivity index (χ1n) is 6.67. The minimum atomic E-state index is 0.742. The smallest absolute Gasteiger partial charge is 0.120 e. The van der Waals surface area contributed by atoms with E-state index in [1.54, 1.807) is 0 Å². The van der Waals surface area contributed by atoms with Crippen molar-refractivity contribution in [2.45, 2.75) is 19.6 Å². The van der Waals surface area contributed by atoms with Gasteiger partial charge in [0.15, 0.2) is 0 Å². The molecular formula is C17H19BrOS. The molecule has 0 amide bonds. The lowest BCUT2D eigenvalue weighted by Crippen LogP contribution is -2.00. The van der Waals surface area contributed by atoms with Gasteiger partial charge in [-0.15, -0.1) is 0 Å². The maximum absolute atomic E-state index is 5.72. The molecule has 0 N–H and O–H groups in total. The van der Waals surface area contributed by atoms with Gasteiger partial charge in [-0.3, -0.25) is 0 Å². The van der Waals surface area contributed by atoms with Crippen LogP contribution in [0.1, 0.15) is 16.7 Å². The first-order valence-corrected chi connectivity index (χ1v) is 8.61. The molecule has 0 aliphatic rings. The molecule has 2 rings (SSSR count). The van der Waals surface area contributed by atoms with E-state index in [1.807, 2.05) is 36.0 Å². The van der Waals surface area contributed by atoms with Crippen LogP contribution < -0.4 is 4.74 Å². The molecule has 0 bridgehead atoms. The third-order valence-electron chi connectivity index (χ3n) is 2.84. The topological polar surface area (TPSA) is 9.23 Å². The molecule has 2 aromatic carbocycles. The zero-order chi connectivity index (χ0) is 14.4. The molecule has 20 heavy (non-hydrogen) atoms. The lowest BCUT2D eigenvalue weighted by atomic mass is 10.1. The minimum Gasteiger partial charge on any atom is -0.493 e. The third kappa shape index (κ3) is 5.22. The Labute approximate surface area is 133 Å². The number of hydrogen-bond donors (Lipinski definition) is 0. The van der Waals surface area contributed by atoms with Crippen molar-refractivity contribution in [3.05, 3.63) is 63.6 Å². The predicted octanol–water partition coefficient (Wildman–Crippen LogP) is 5.38. The summed E-state index contributed by atoms with van der Waals surface area (Å²) >= 11 is 5.35. The van der Waals surface area contributed by atoms with Crippen LogP contribution >= 0.6 is 27.7 Å². The Morgan fingerprint density at radius 3 is 2.50 bits per heavy atom. The van der Waals surface area contributed by atoms with Gasteiger partial charge in [-0.05, 0) is 37.6 Å². The van der Waals surface area contributed by atoms with Gasteiger partial charge in [-0.1, -0.05) is 51.3 Å². The van der Waals surface area contributed by atoms with Crippen LogP contribution in [-0.4, -0.2) is 12.4 Å². The van der Waals surface area contributed by atoms with Gasteiger partial charge in [0.2, 0.25) is 0 Å². The summed E-state index contributed by atoms with van der Waals surface area (Å²) in [4.78, 5) is 0. The van der Waals surface area contributed by atoms with E-state index in [9.17, 15) is 0 Å². The number of ether oxygens (including phenoxy) is 1. The van der Waals surface area contributed by atoms with Gasteiger partial charge in [0.25, 0.3) is 0 Å². The maximum atomic E-state index is 5.72. The van der Waals surface area contributed by atoms with E-state index in [4.69, 9.17) is 4.74 Å². The highest BCUT2D eigenvalue weighted by Gasteiger charge is 1.98. The molecule has 0 saturated carbocycles. The molecule has 0 radical (unpaired) electrons.